The number of hydrogen-bond acceptors (Lipinski definition) is 5. The molecule has 0 aliphatic carbocycles. The number of para-hydroxylation sites is 1. The van der Waals surface area contributed by atoms with Crippen LogP contribution in [0.1, 0.15) is 0 Å². The van der Waals surface area contributed by atoms with E-state index in [0.29, 0.717) is 5.89 Å². The number of hydrogen-bond donors (Lipinski definition) is 0. The number of nitrogens with zero attached hydrogens (tertiary/aromatic N) is 2. The number of benzene rings is 9. The first-order valence-corrected chi connectivity index (χ1v) is 19.4. The normalized spacial score (nSPS) is 11.8. The third kappa shape index (κ3) is 5.21. The number of oxazole rings is 1. The zero-order valence-corrected chi connectivity index (χ0v) is 31.1. The molecule has 0 saturated heterocycles. The molecule has 0 saturated carbocycles. The van der Waals surface area contributed by atoms with Crippen molar-refractivity contribution in [2.24, 2.45) is 0 Å². The third-order valence-corrected chi connectivity index (χ3v) is 11.3. The number of rotatable bonds is 6. The Balaban J connectivity index is 0.932. The largest absolute Gasteiger partial charge is 0.456 e. The summed E-state index contributed by atoms with van der Waals surface area (Å²) in [5.74, 6) is 0.599. The quantitative estimate of drug-likeness (QED) is 0.170. The monoisotopic (exact) mass is 744 g/mol. The van der Waals surface area contributed by atoms with Gasteiger partial charge in [-0.3, -0.25) is 0 Å². The Morgan fingerprint density at radius 3 is 1.81 bits per heavy atom. The van der Waals surface area contributed by atoms with Gasteiger partial charge in [0, 0.05) is 44.9 Å². The van der Waals surface area contributed by atoms with Crippen molar-refractivity contribution in [1.29, 1.82) is 0 Å². The van der Waals surface area contributed by atoms with Gasteiger partial charge in [-0.25, -0.2) is 4.98 Å². The fourth-order valence-electron chi connectivity index (χ4n) is 8.51. The highest BCUT2D eigenvalue weighted by molar-refractivity contribution is 6.17. The number of furan rings is 2. The molecule has 0 spiro atoms. The summed E-state index contributed by atoms with van der Waals surface area (Å²) >= 11 is 0. The third-order valence-electron chi connectivity index (χ3n) is 11.3. The molecule has 58 heavy (non-hydrogen) atoms. The van der Waals surface area contributed by atoms with Gasteiger partial charge in [-0.1, -0.05) is 109 Å². The number of anilines is 3. The van der Waals surface area contributed by atoms with Gasteiger partial charge >= 0.3 is 0 Å². The minimum atomic E-state index is 0.599. The van der Waals surface area contributed by atoms with Crippen LogP contribution in [0.3, 0.4) is 0 Å². The highest BCUT2D eigenvalue weighted by Gasteiger charge is 2.19. The summed E-state index contributed by atoms with van der Waals surface area (Å²) < 4.78 is 19.0. The molecule has 0 radical (unpaired) electrons. The van der Waals surface area contributed by atoms with Gasteiger partial charge in [-0.2, -0.15) is 0 Å². The van der Waals surface area contributed by atoms with E-state index in [4.69, 9.17) is 18.2 Å². The summed E-state index contributed by atoms with van der Waals surface area (Å²) in [6.45, 7) is 0. The summed E-state index contributed by atoms with van der Waals surface area (Å²) in [6.07, 6.45) is 0. The van der Waals surface area contributed by atoms with Crippen molar-refractivity contribution in [2.45, 2.75) is 0 Å². The predicted molar refractivity (Wildman–Crippen MR) is 237 cm³/mol. The van der Waals surface area contributed by atoms with Gasteiger partial charge in [0.25, 0.3) is 0 Å². The topological polar surface area (TPSA) is 55.6 Å². The van der Waals surface area contributed by atoms with Crippen molar-refractivity contribution in [2.75, 3.05) is 4.90 Å². The second kappa shape index (κ2) is 12.8. The molecule has 0 atom stereocenters. The van der Waals surface area contributed by atoms with Crippen molar-refractivity contribution >= 4 is 82.8 Å². The molecule has 9 aromatic carbocycles. The maximum absolute atomic E-state index is 6.44. The van der Waals surface area contributed by atoms with E-state index in [1.807, 2.05) is 54.6 Å². The first-order valence-electron chi connectivity index (χ1n) is 19.4. The molecule has 0 aliphatic rings. The average Bonchev–Trinajstić information content (AvgIpc) is 4.00. The van der Waals surface area contributed by atoms with Crippen LogP contribution in [0.5, 0.6) is 0 Å². The van der Waals surface area contributed by atoms with E-state index in [-0.39, 0.29) is 0 Å². The van der Waals surface area contributed by atoms with Crippen LogP contribution in [-0.2, 0) is 0 Å². The van der Waals surface area contributed by atoms with Crippen LogP contribution in [0.2, 0.25) is 0 Å². The molecule has 0 aliphatic heterocycles. The molecule has 3 heterocycles. The summed E-state index contributed by atoms with van der Waals surface area (Å²) in [4.78, 5) is 7.20. The molecular weight excluding hydrogens is 713 g/mol. The van der Waals surface area contributed by atoms with E-state index in [9.17, 15) is 0 Å². The molecule has 272 valence electrons. The SMILES string of the molecule is c1ccc(-c2nc3c(ccc4oc5cc(-c6ccc(N(c7ccc(-c8cccc9ccccc89)cc7)c7ccc8c(c7)oc7ccccc78)cc6)ccc5c43)o2)cc1. The number of fused-ring (bicyclic) bond motifs is 9. The highest BCUT2D eigenvalue weighted by atomic mass is 16.4. The maximum atomic E-state index is 6.44. The Labute approximate surface area is 332 Å². The van der Waals surface area contributed by atoms with Gasteiger partial charge in [-0.05, 0) is 112 Å². The Hall–Kier alpha value is -7.89. The zero-order chi connectivity index (χ0) is 38.2. The molecule has 3 aromatic heterocycles. The van der Waals surface area contributed by atoms with Crippen molar-refractivity contribution in [1.82, 2.24) is 4.98 Å². The van der Waals surface area contributed by atoms with E-state index >= 15 is 0 Å². The Morgan fingerprint density at radius 2 is 0.966 bits per heavy atom. The van der Waals surface area contributed by atoms with Crippen LogP contribution < -0.4 is 4.90 Å². The van der Waals surface area contributed by atoms with Crippen LogP contribution in [0.25, 0.3) is 99.5 Å². The number of aromatic nitrogens is 1. The molecule has 5 nitrogen and oxygen atoms in total. The van der Waals surface area contributed by atoms with Crippen molar-refractivity contribution in [3.63, 3.8) is 0 Å². The van der Waals surface area contributed by atoms with Crippen molar-refractivity contribution in [3.8, 4) is 33.7 Å². The molecule has 12 rings (SSSR count). The Morgan fingerprint density at radius 1 is 0.345 bits per heavy atom. The lowest BCUT2D eigenvalue weighted by Crippen LogP contribution is -2.09. The van der Waals surface area contributed by atoms with Crippen LogP contribution in [0.4, 0.5) is 17.1 Å². The van der Waals surface area contributed by atoms with Gasteiger partial charge in [0.15, 0.2) is 5.58 Å². The molecule has 0 bridgehead atoms. The van der Waals surface area contributed by atoms with Crippen molar-refractivity contribution < 1.29 is 13.3 Å². The first-order chi connectivity index (χ1) is 28.7. The maximum Gasteiger partial charge on any atom is 0.227 e. The molecular formula is C53H32N2O3. The zero-order valence-electron chi connectivity index (χ0n) is 31.1. The van der Waals surface area contributed by atoms with E-state index in [1.54, 1.807) is 0 Å². The highest BCUT2D eigenvalue weighted by Crippen LogP contribution is 2.42. The predicted octanol–water partition coefficient (Wildman–Crippen LogP) is 15.3. The van der Waals surface area contributed by atoms with Gasteiger partial charge in [0.2, 0.25) is 5.89 Å². The minimum Gasteiger partial charge on any atom is -0.456 e. The summed E-state index contributed by atoms with van der Waals surface area (Å²) in [5.41, 5.74) is 13.4. The van der Waals surface area contributed by atoms with Crippen LogP contribution in [0, 0.1) is 0 Å². The first kappa shape index (κ1) is 32.4. The van der Waals surface area contributed by atoms with Crippen molar-refractivity contribution in [3.05, 3.63) is 194 Å². The lowest BCUT2D eigenvalue weighted by molar-refractivity contribution is 0.619. The van der Waals surface area contributed by atoms with Gasteiger partial charge in [0.05, 0.1) is 5.39 Å². The van der Waals surface area contributed by atoms with Gasteiger partial charge in [0.1, 0.15) is 27.8 Å². The summed E-state index contributed by atoms with van der Waals surface area (Å²) in [7, 11) is 0. The molecule has 0 unspecified atom stereocenters. The second-order valence-corrected chi connectivity index (χ2v) is 14.7. The average molecular weight is 745 g/mol. The van der Waals surface area contributed by atoms with Gasteiger partial charge < -0.3 is 18.2 Å². The van der Waals surface area contributed by atoms with Crippen LogP contribution >= 0.6 is 0 Å². The standard InChI is InChI=1S/C53H32N2O3/c1-2-10-36(11-3-1)53-54-52-48(58-53)30-29-47-51(52)45-27-21-37(31-49(45)57-47)33-17-22-38(23-18-33)55(40-26-28-44-43-14-6-7-16-46(43)56-50(44)32-40)39-24-19-35(20-25-39)42-15-8-12-34-9-4-5-13-41(34)42/h1-32H. The minimum absolute atomic E-state index is 0.599. The second-order valence-electron chi connectivity index (χ2n) is 14.7. The van der Waals surface area contributed by atoms with E-state index in [2.05, 4.69) is 144 Å². The smallest absolute Gasteiger partial charge is 0.227 e. The van der Waals surface area contributed by atoms with Crippen LogP contribution in [-0.4, -0.2) is 4.98 Å². The molecule has 0 amide bonds. The lowest BCUT2D eigenvalue weighted by atomic mass is 9.98. The van der Waals surface area contributed by atoms with Crippen LogP contribution in [0.15, 0.2) is 207 Å². The van der Waals surface area contributed by atoms with E-state index < -0.39 is 0 Å². The van der Waals surface area contributed by atoms with Gasteiger partial charge in [-0.15, -0.1) is 0 Å². The lowest BCUT2D eigenvalue weighted by Gasteiger charge is -2.26. The molecule has 0 N–H and O–H groups in total. The molecule has 5 heteroatoms. The Bertz CT molecular complexity index is 3500. The molecule has 12 aromatic rings. The van der Waals surface area contributed by atoms with E-state index in [0.717, 1.165) is 88.7 Å². The summed E-state index contributed by atoms with van der Waals surface area (Å²) in [6, 6.07) is 67.6. The summed E-state index contributed by atoms with van der Waals surface area (Å²) in [5, 5.41) is 6.65. The van der Waals surface area contributed by atoms with E-state index in [1.165, 1.54) is 21.9 Å². The molecule has 0 fully saturated rings. The fourth-order valence-corrected chi connectivity index (χ4v) is 8.51. The fraction of sp³-hybridized carbons (Fsp3) is 0. The Kier molecular flexibility index (Phi) is 7.16.